The zero-order valence-corrected chi connectivity index (χ0v) is 25.1. The Morgan fingerprint density at radius 1 is 0.889 bits per heavy atom. The molecule has 0 saturated carbocycles. The van der Waals surface area contributed by atoms with E-state index in [2.05, 4.69) is 16.0 Å². The minimum atomic E-state index is -1.16. The number of nitro groups is 1. The first kappa shape index (κ1) is 32.5. The van der Waals surface area contributed by atoms with Crippen molar-refractivity contribution < 1.29 is 29.2 Å². The molecule has 1 unspecified atom stereocenters. The molecule has 0 heterocycles. The highest BCUT2D eigenvalue weighted by molar-refractivity contribution is 8.00. The summed E-state index contributed by atoms with van der Waals surface area (Å²) >= 11 is 7.30. The summed E-state index contributed by atoms with van der Waals surface area (Å²) in [6.45, 7) is 1.65. The number of aromatic carboxylic acids is 1. The molecular weight excluding hydrogens is 620 g/mol. The van der Waals surface area contributed by atoms with Crippen LogP contribution in [0.1, 0.15) is 33.2 Å². The minimum Gasteiger partial charge on any atom is -0.478 e. The summed E-state index contributed by atoms with van der Waals surface area (Å²) in [5.41, 5.74) is 0.360. The van der Waals surface area contributed by atoms with Gasteiger partial charge in [-0.2, -0.15) is 0 Å². The first-order valence-electron chi connectivity index (χ1n) is 13.2. The number of rotatable bonds is 11. The molecule has 0 saturated heterocycles. The quantitative estimate of drug-likeness (QED) is 0.0623. The van der Waals surface area contributed by atoms with Crippen molar-refractivity contribution in [1.29, 1.82) is 0 Å². The third kappa shape index (κ3) is 8.78. The van der Waals surface area contributed by atoms with Crippen LogP contribution in [0.3, 0.4) is 0 Å². The highest BCUT2D eigenvalue weighted by Gasteiger charge is 2.20. The van der Waals surface area contributed by atoms with Gasteiger partial charge in [-0.15, -0.1) is 11.8 Å². The van der Waals surface area contributed by atoms with Crippen molar-refractivity contribution in [1.82, 2.24) is 5.32 Å². The van der Waals surface area contributed by atoms with Gasteiger partial charge in [-0.25, -0.2) is 4.79 Å². The highest BCUT2D eigenvalue weighted by Crippen LogP contribution is 2.29. The fraction of sp³-hybridized carbons (Fsp3) is 0.0625. The first-order chi connectivity index (χ1) is 21.5. The second-order valence-electron chi connectivity index (χ2n) is 9.43. The number of hydrogen-bond donors (Lipinski definition) is 4. The maximum Gasteiger partial charge on any atom is 0.335 e. The first-order valence-corrected chi connectivity index (χ1v) is 14.5. The Labute approximate surface area is 266 Å². The van der Waals surface area contributed by atoms with Crippen LogP contribution < -0.4 is 16.0 Å². The Kier molecular flexibility index (Phi) is 10.7. The fourth-order valence-corrected chi connectivity index (χ4v) is 5.06. The minimum absolute atomic E-state index is 0.0336. The second-order valence-corrected chi connectivity index (χ2v) is 11.2. The van der Waals surface area contributed by atoms with Crippen LogP contribution in [-0.4, -0.2) is 39.0 Å². The maximum atomic E-state index is 13.4. The van der Waals surface area contributed by atoms with Crippen LogP contribution in [-0.2, 0) is 9.59 Å². The number of carbonyl (C=O) groups is 4. The van der Waals surface area contributed by atoms with Gasteiger partial charge in [0.25, 0.3) is 17.5 Å². The molecule has 0 aliphatic heterocycles. The summed E-state index contributed by atoms with van der Waals surface area (Å²) in [5.74, 6) is -2.92. The molecule has 11 nitrogen and oxygen atoms in total. The molecule has 0 aliphatic rings. The van der Waals surface area contributed by atoms with Crippen LogP contribution in [0, 0.1) is 10.1 Å². The number of nitro benzene ring substituents is 1. The lowest BCUT2D eigenvalue weighted by atomic mass is 10.1. The van der Waals surface area contributed by atoms with Crippen molar-refractivity contribution >= 4 is 70.2 Å². The lowest BCUT2D eigenvalue weighted by molar-refractivity contribution is -0.385. The van der Waals surface area contributed by atoms with Gasteiger partial charge in [-0.1, -0.05) is 48.0 Å². The third-order valence-corrected chi connectivity index (χ3v) is 7.63. The number of carbonyl (C=O) groups excluding carboxylic acids is 3. The SMILES string of the molecule is CC(Sc1cccc(NC(=O)/C(=C\c2ccccc2[N+](=O)[O-])NC(=O)c2ccccc2)c1)C(=O)Nc1cc(C(=O)O)ccc1Cl. The predicted molar refractivity (Wildman–Crippen MR) is 172 cm³/mol. The summed E-state index contributed by atoms with van der Waals surface area (Å²) in [4.78, 5) is 62.1. The third-order valence-electron chi connectivity index (χ3n) is 6.21. The summed E-state index contributed by atoms with van der Waals surface area (Å²) in [6, 6.07) is 24.5. The number of anilines is 2. The van der Waals surface area contributed by atoms with Crippen molar-refractivity contribution in [2.45, 2.75) is 17.1 Å². The summed E-state index contributed by atoms with van der Waals surface area (Å²) in [6.07, 6.45) is 1.23. The van der Waals surface area contributed by atoms with Crippen molar-refractivity contribution in [3.63, 3.8) is 0 Å². The molecule has 4 aromatic rings. The largest absolute Gasteiger partial charge is 0.478 e. The number of hydrogen-bond acceptors (Lipinski definition) is 7. The van der Waals surface area contributed by atoms with E-state index in [1.54, 1.807) is 67.6 Å². The number of nitrogens with one attached hydrogen (secondary N) is 3. The van der Waals surface area contributed by atoms with E-state index >= 15 is 0 Å². The Morgan fingerprint density at radius 2 is 1.60 bits per heavy atom. The lowest BCUT2D eigenvalue weighted by Crippen LogP contribution is -2.30. The van der Waals surface area contributed by atoms with Gasteiger partial charge in [0.15, 0.2) is 0 Å². The van der Waals surface area contributed by atoms with E-state index in [1.807, 2.05) is 0 Å². The fourth-order valence-electron chi connectivity index (χ4n) is 3.97. The van der Waals surface area contributed by atoms with Gasteiger partial charge in [-0.05, 0) is 67.6 Å². The van der Waals surface area contributed by atoms with Crippen LogP contribution in [0.25, 0.3) is 6.08 Å². The zero-order valence-electron chi connectivity index (χ0n) is 23.5. The molecule has 228 valence electrons. The molecule has 13 heteroatoms. The summed E-state index contributed by atoms with van der Waals surface area (Å²) in [5, 5.41) is 28.2. The van der Waals surface area contributed by atoms with Gasteiger partial charge < -0.3 is 21.1 Å². The van der Waals surface area contributed by atoms with E-state index in [-0.39, 0.29) is 38.8 Å². The van der Waals surface area contributed by atoms with E-state index in [9.17, 15) is 34.4 Å². The summed E-state index contributed by atoms with van der Waals surface area (Å²) < 4.78 is 0. The number of halogens is 1. The lowest BCUT2D eigenvalue weighted by Gasteiger charge is -2.15. The van der Waals surface area contributed by atoms with Gasteiger partial charge in [0.1, 0.15) is 5.70 Å². The highest BCUT2D eigenvalue weighted by atomic mass is 35.5. The molecule has 0 spiro atoms. The van der Waals surface area contributed by atoms with Crippen LogP contribution >= 0.6 is 23.4 Å². The van der Waals surface area contributed by atoms with Gasteiger partial charge in [0.05, 0.1) is 32.0 Å². The molecule has 45 heavy (non-hydrogen) atoms. The van der Waals surface area contributed by atoms with E-state index in [4.69, 9.17) is 11.6 Å². The van der Waals surface area contributed by atoms with Gasteiger partial charge >= 0.3 is 5.97 Å². The number of carboxylic acids is 1. The Balaban J connectivity index is 1.52. The molecule has 0 aliphatic carbocycles. The van der Waals surface area contributed by atoms with Crippen LogP contribution in [0.5, 0.6) is 0 Å². The Morgan fingerprint density at radius 3 is 2.31 bits per heavy atom. The van der Waals surface area contributed by atoms with Crippen molar-refractivity contribution in [2.24, 2.45) is 0 Å². The number of amides is 3. The number of para-hydroxylation sites is 1. The Hall–Kier alpha value is -5.46. The number of benzene rings is 4. The average molecular weight is 645 g/mol. The van der Waals surface area contributed by atoms with Crippen LogP contribution in [0.4, 0.5) is 17.1 Å². The topological polar surface area (TPSA) is 168 Å². The van der Waals surface area contributed by atoms with Crippen LogP contribution in [0.2, 0.25) is 5.02 Å². The molecule has 3 amide bonds. The monoisotopic (exact) mass is 644 g/mol. The molecule has 4 aromatic carbocycles. The van der Waals surface area contributed by atoms with Crippen molar-refractivity contribution in [3.05, 3.63) is 135 Å². The van der Waals surface area contributed by atoms with E-state index in [1.165, 1.54) is 54.2 Å². The molecule has 4 rings (SSSR count). The maximum absolute atomic E-state index is 13.4. The van der Waals surface area contributed by atoms with Gasteiger partial charge in [0.2, 0.25) is 5.91 Å². The van der Waals surface area contributed by atoms with Crippen molar-refractivity contribution in [3.8, 4) is 0 Å². The van der Waals surface area contributed by atoms with E-state index < -0.39 is 33.9 Å². The molecule has 0 fully saturated rings. The van der Waals surface area contributed by atoms with Crippen molar-refractivity contribution in [2.75, 3.05) is 10.6 Å². The zero-order chi connectivity index (χ0) is 32.5. The number of carboxylic acid groups (broad SMARTS) is 1. The van der Waals surface area contributed by atoms with Crippen LogP contribution in [0.15, 0.2) is 108 Å². The second kappa shape index (κ2) is 14.8. The average Bonchev–Trinajstić information content (AvgIpc) is 3.02. The smallest absolute Gasteiger partial charge is 0.335 e. The Bertz CT molecular complexity index is 1810. The molecule has 0 bridgehead atoms. The molecular formula is C32H25ClN4O7S. The molecule has 0 radical (unpaired) electrons. The summed E-state index contributed by atoms with van der Waals surface area (Å²) in [7, 11) is 0. The molecule has 4 N–H and O–H groups in total. The molecule has 0 aromatic heterocycles. The predicted octanol–water partition coefficient (Wildman–Crippen LogP) is 6.48. The molecule has 1 atom stereocenters. The normalized spacial score (nSPS) is 11.6. The van der Waals surface area contributed by atoms with E-state index in [0.29, 0.717) is 10.6 Å². The number of thioether (sulfide) groups is 1. The van der Waals surface area contributed by atoms with Gasteiger partial charge in [-0.3, -0.25) is 24.5 Å². The number of nitrogens with zero attached hydrogens (tertiary/aromatic N) is 1. The van der Waals surface area contributed by atoms with E-state index in [0.717, 1.165) is 0 Å². The standard InChI is InChI=1S/C32H25ClN4O7S/c1-19(29(38)35-26-17-22(32(41)42)14-15-25(26)33)45-24-12-7-11-23(18-24)34-31(40)27(36-30(39)20-8-3-2-4-9-20)16-21-10-5-6-13-28(21)37(43)44/h2-19H,1H3,(H,34,40)(H,35,38)(H,36,39)(H,41,42)/b27-16+. The van der Waals surface area contributed by atoms with Gasteiger partial charge in [0, 0.05) is 22.2 Å².